The standard InChI is InChI=1S/C15H21ClN2O/c1-11(13-6-5-7-14(16)10-13)17-12(2)15(19)18-8-3-4-9-18/h5-7,10-12,17H,3-4,8-9H2,1-2H3/t11-,12-/m0/s1. The van der Waals surface area contributed by atoms with Gasteiger partial charge in [-0.15, -0.1) is 0 Å². The summed E-state index contributed by atoms with van der Waals surface area (Å²) in [6.45, 7) is 5.79. The minimum atomic E-state index is -0.160. The molecule has 0 aliphatic carbocycles. The fourth-order valence-corrected chi connectivity index (χ4v) is 2.73. The Morgan fingerprint density at radius 1 is 1.32 bits per heavy atom. The Kier molecular flexibility index (Phi) is 4.83. The zero-order valence-electron chi connectivity index (χ0n) is 11.5. The summed E-state index contributed by atoms with van der Waals surface area (Å²) in [6, 6.07) is 7.70. The van der Waals surface area contributed by atoms with Crippen LogP contribution in [0, 0.1) is 0 Å². The molecule has 1 aliphatic heterocycles. The summed E-state index contributed by atoms with van der Waals surface area (Å²) in [4.78, 5) is 14.2. The first kappa shape index (κ1) is 14.4. The van der Waals surface area contributed by atoms with Crippen molar-refractivity contribution < 1.29 is 4.79 Å². The highest BCUT2D eigenvalue weighted by Crippen LogP contribution is 2.18. The number of likely N-dealkylation sites (tertiary alicyclic amines) is 1. The number of rotatable bonds is 4. The first-order chi connectivity index (χ1) is 9.08. The molecule has 0 spiro atoms. The Balaban J connectivity index is 1.94. The number of benzene rings is 1. The summed E-state index contributed by atoms with van der Waals surface area (Å²) in [6.07, 6.45) is 2.25. The molecule has 0 radical (unpaired) electrons. The quantitative estimate of drug-likeness (QED) is 0.920. The Morgan fingerprint density at radius 3 is 2.63 bits per heavy atom. The molecule has 1 saturated heterocycles. The van der Waals surface area contributed by atoms with Gasteiger partial charge in [-0.05, 0) is 44.4 Å². The molecule has 1 aromatic rings. The lowest BCUT2D eigenvalue weighted by Gasteiger charge is -2.24. The predicted molar refractivity (Wildman–Crippen MR) is 78.3 cm³/mol. The fourth-order valence-electron chi connectivity index (χ4n) is 2.53. The maximum atomic E-state index is 12.2. The largest absolute Gasteiger partial charge is 0.341 e. The number of hydrogen-bond acceptors (Lipinski definition) is 2. The second-order valence-corrected chi connectivity index (χ2v) is 5.63. The minimum absolute atomic E-state index is 0.111. The van der Waals surface area contributed by atoms with E-state index in [1.54, 1.807) is 0 Å². The molecule has 104 valence electrons. The number of carbonyl (C=O) groups is 1. The van der Waals surface area contributed by atoms with E-state index in [-0.39, 0.29) is 18.0 Å². The van der Waals surface area contributed by atoms with Gasteiger partial charge in [0.05, 0.1) is 6.04 Å². The van der Waals surface area contributed by atoms with E-state index in [2.05, 4.69) is 12.2 Å². The summed E-state index contributed by atoms with van der Waals surface area (Å²) in [5.74, 6) is 0.200. The molecule has 2 rings (SSSR count). The Morgan fingerprint density at radius 2 is 2.00 bits per heavy atom. The topological polar surface area (TPSA) is 32.3 Å². The van der Waals surface area contributed by atoms with Gasteiger partial charge < -0.3 is 4.90 Å². The maximum absolute atomic E-state index is 12.2. The van der Waals surface area contributed by atoms with Crippen LogP contribution in [0.15, 0.2) is 24.3 Å². The van der Waals surface area contributed by atoms with Crippen LogP contribution in [0.25, 0.3) is 0 Å². The number of hydrogen-bond donors (Lipinski definition) is 1. The predicted octanol–water partition coefficient (Wildman–Crippen LogP) is 3.00. The molecular weight excluding hydrogens is 260 g/mol. The van der Waals surface area contributed by atoms with Crippen molar-refractivity contribution in [1.29, 1.82) is 0 Å². The smallest absolute Gasteiger partial charge is 0.239 e. The second kappa shape index (κ2) is 6.40. The molecule has 1 amide bonds. The molecule has 0 unspecified atom stereocenters. The van der Waals surface area contributed by atoms with Gasteiger partial charge in [-0.2, -0.15) is 0 Å². The molecule has 4 heteroatoms. The summed E-state index contributed by atoms with van der Waals surface area (Å²) < 4.78 is 0. The van der Waals surface area contributed by atoms with E-state index in [0.717, 1.165) is 36.5 Å². The van der Waals surface area contributed by atoms with Crippen molar-refractivity contribution in [1.82, 2.24) is 10.2 Å². The number of nitrogens with one attached hydrogen (secondary N) is 1. The van der Waals surface area contributed by atoms with Crippen molar-refractivity contribution in [3.8, 4) is 0 Å². The molecular formula is C15H21ClN2O. The van der Waals surface area contributed by atoms with Crippen molar-refractivity contribution in [3.63, 3.8) is 0 Å². The number of carbonyl (C=O) groups excluding carboxylic acids is 1. The van der Waals surface area contributed by atoms with Crippen LogP contribution in [-0.2, 0) is 4.79 Å². The van der Waals surface area contributed by atoms with Crippen LogP contribution in [0.3, 0.4) is 0 Å². The van der Waals surface area contributed by atoms with Crippen LogP contribution in [0.5, 0.6) is 0 Å². The third-order valence-electron chi connectivity index (χ3n) is 3.64. The van der Waals surface area contributed by atoms with E-state index in [1.807, 2.05) is 36.1 Å². The molecule has 1 aliphatic rings. The van der Waals surface area contributed by atoms with E-state index >= 15 is 0 Å². The third-order valence-corrected chi connectivity index (χ3v) is 3.87. The molecule has 0 bridgehead atoms. The van der Waals surface area contributed by atoms with Gasteiger partial charge >= 0.3 is 0 Å². The summed E-state index contributed by atoms with van der Waals surface area (Å²) in [5, 5.41) is 4.08. The van der Waals surface area contributed by atoms with Crippen molar-refractivity contribution in [3.05, 3.63) is 34.9 Å². The molecule has 3 nitrogen and oxygen atoms in total. The van der Waals surface area contributed by atoms with E-state index < -0.39 is 0 Å². The Bertz CT molecular complexity index is 444. The summed E-state index contributed by atoms with van der Waals surface area (Å²) in [5.41, 5.74) is 1.11. The molecule has 1 N–H and O–H groups in total. The van der Waals surface area contributed by atoms with E-state index in [4.69, 9.17) is 11.6 Å². The number of amides is 1. The highest BCUT2D eigenvalue weighted by molar-refractivity contribution is 6.30. The maximum Gasteiger partial charge on any atom is 0.239 e. The SMILES string of the molecule is C[C@H](N[C@@H](C)c1cccc(Cl)c1)C(=O)N1CCCC1. The van der Waals surface area contributed by atoms with Gasteiger partial charge in [0, 0.05) is 24.2 Å². The second-order valence-electron chi connectivity index (χ2n) is 5.20. The van der Waals surface area contributed by atoms with E-state index in [1.165, 1.54) is 0 Å². The lowest BCUT2D eigenvalue weighted by molar-refractivity contribution is -0.132. The van der Waals surface area contributed by atoms with Crippen LogP contribution in [0.2, 0.25) is 5.02 Å². The van der Waals surface area contributed by atoms with Gasteiger partial charge in [-0.25, -0.2) is 0 Å². The van der Waals surface area contributed by atoms with Gasteiger partial charge in [0.1, 0.15) is 0 Å². The van der Waals surface area contributed by atoms with Crippen molar-refractivity contribution >= 4 is 17.5 Å². The average molecular weight is 281 g/mol. The van der Waals surface area contributed by atoms with Crippen LogP contribution in [0.1, 0.15) is 38.3 Å². The summed E-state index contributed by atoms with van der Waals surface area (Å²) in [7, 11) is 0. The third kappa shape index (κ3) is 3.71. The molecule has 1 fully saturated rings. The van der Waals surface area contributed by atoms with Crippen LogP contribution < -0.4 is 5.32 Å². The van der Waals surface area contributed by atoms with Gasteiger partial charge in [0.2, 0.25) is 5.91 Å². The molecule has 0 aromatic heterocycles. The Labute approximate surface area is 119 Å². The first-order valence-electron chi connectivity index (χ1n) is 6.88. The van der Waals surface area contributed by atoms with Crippen molar-refractivity contribution in [2.75, 3.05) is 13.1 Å². The van der Waals surface area contributed by atoms with Gasteiger partial charge in [0.25, 0.3) is 0 Å². The first-order valence-corrected chi connectivity index (χ1v) is 7.26. The molecule has 19 heavy (non-hydrogen) atoms. The average Bonchev–Trinajstić information content (AvgIpc) is 2.91. The van der Waals surface area contributed by atoms with Gasteiger partial charge in [0.15, 0.2) is 0 Å². The normalized spacial score (nSPS) is 18.4. The monoisotopic (exact) mass is 280 g/mol. The zero-order chi connectivity index (χ0) is 13.8. The van der Waals surface area contributed by atoms with Gasteiger partial charge in [-0.1, -0.05) is 23.7 Å². The van der Waals surface area contributed by atoms with E-state index in [9.17, 15) is 4.79 Å². The minimum Gasteiger partial charge on any atom is -0.341 e. The van der Waals surface area contributed by atoms with E-state index in [0.29, 0.717) is 0 Å². The lowest BCUT2D eigenvalue weighted by atomic mass is 10.1. The van der Waals surface area contributed by atoms with Crippen molar-refractivity contribution in [2.24, 2.45) is 0 Å². The van der Waals surface area contributed by atoms with Crippen molar-refractivity contribution in [2.45, 2.75) is 38.8 Å². The Hall–Kier alpha value is -1.06. The fraction of sp³-hybridized carbons (Fsp3) is 0.533. The highest BCUT2D eigenvalue weighted by atomic mass is 35.5. The zero-order valence-corrected chi connectivity index (χ0v) is 12.3. The van der Waals surface area contributed by atoms with Crippen LogP contribution >= 0.6 is 11.6 Å². The highest BCUT2D eigenvalue weighted by Gasteiger charge is 2.24. The summed E-state index contributed by atoms with van der Waals surface area (Å²) >= 11 is 5.99. The van der Waals surface area contributed by atoms with Crippen LogP contribution in [-0.4, -0.2) is 29.9 Å². The molecule has 1 aromatic carbocycles. The molecule has 2 atom stereocenters. The van der Waals surface area contributed by atoms with Crippen LogP contribution in [0.4, 0.5) is 0 Å². The number of halogens is 1. The number of nitrogens with zero attached hydrogens (tertiary/aromatic N) is 1. The van der Waals surface area contributed by atoms with Gasteiger partial charge in [-0.3, -0.25) is 10.1 Å². The molecule has 1 heterocycles. The molecule has 0 saturated carbocycles. The lowest BCUT2D eigenvalue weighted by Crippen LogP contribution is -2.44.